The van der Waals surface area contributed by atoms with E-state index in [0.717, 1.165) is 5.56 Å². The van der Waals surface area contributed by atoms with E-state index in [1.807, 2.05) is 0 Å². The third-order valence-electron chi connectivity index (χ3n) is 2.48. The van der Waals surface area contributed by atoms with Gasteiger partial charge >= 0.3 is 6.09 Å². The van der Waals surface area contributed by atoms with E-state index in [9.17, 15) is 19.7 Å². The molecule has 0 saturated heterocycles. The van der Waals surface area contributed by atoms with Gasteiger partial charge in [-0.1, -0.05) is 12.1 Å². The number of nitro benzene ring substituents is 1. The molecule has 1 aromatic rings. The molecule has 0 aliphatic heterocycles. The second-order valence-corrected chi connectivity index (χ2v) is 4.31. The highest BCUT2D eigenvalue weighted by Gasteiger charge is 2.10. The number of ether oxygens (including phenoxy) is 1. The Morgan fingerprint density at radius 2 is 1.95 bits per heavy atom. The van der Waals surface area contributed by atoms with Gasteiger partial charge in [-0.15, -0.1) is 0 Å². The van der Waals surface area contributed by atoms with Crippen molar-refractivity contribution in [2.45, 2.75) is 12.5 Å². The Bertz CT molecular complexity index is 517. The van der Waals surface area contributed by atoms with Gasteiger partial charge in [0, 0.05) is 18.2 Å². The van der Waals surface area contributed by atoms with Crippen molar-refractivity contribution >= 4 is 17.7 Å². The number of alkyl carbamates (subject to hydrolysis) is 1. The topological polar surface area (TPSA) is 151 Å². The van der Waals surface area contributed by atoms with Crippen LogP contribution >= 0.6 is 0 Å². The molecule has 0 aliphatic rings. The van der Waals surface area contributed by atoms with Crippen LogP contribution in [0.4, 0.5) is 10.5 Å². The molecule has 9 nitrogen and oxygen atoms in total. The first-order valence-electron chi connectivity index (χ1n) is 6.06. The molecular weight excluding hydrogens is 280 g/mol. The summed E-state index contributed by atoms with van der Waals surface area (Å²) in [4.78, 5) is 31.6. The molecule has 0 bridgehead atoms. The van der Waals surface area contributed by atoms with E-state index in [2.05, 4.69) is 5.32 Å². The minimum absolute atomic E-state index is 0.00518. The van der Waals surface area contributed by atoms with Crippen molar-refractivity contribution in [3.05, 3.63) is 39.9 Å². The van der Waals surface area contributed by atoms with Crippen molar-refractivity contribution in [2.75, 3.05) is 13.2 Å². The Labute approximate surface area is 120 Å². The molecule has 21 heavy (non-hydrogen) atoms. The van der Waals surface area contributed by atoms with Gasteiger partial charge in [0.25, 0.3) is 5.69 Å². The van der Waals surface area contributed by atoms with Gasteiger partial charge in [0.2, 0.25) is 5.91 Å². The molecule has 5 N–H and O–H groups in total. The minimum Gasteiger partial charge on any atom is -0.448 e. The van der Waals surface area contributed by atoms with E-state index in [4.69, 9.17) is 16.2 Å². The van der Waals surface area contributed by atoms with E-state index in [0.29, 0.717) is 6.42 Å². The molecule has 1 aromatic carbocycles. The number of carbonyl (C=O) groups excluding carboxylic acids is 2. The lowest BCUT2D eigenvalue weighted by molar-refractivity contribution is -0.384. The Morgan fingerprint density at radius 3 is 2.48 bits per heavy atom. The SMILES string of the molecule is NC(=O)CNC(=O)OC[C@H](N)Cc1ccc([N+](=O)[O-])cc1. The van der Waals surface area contributed by atoms with E-state index in [1.54, 1.807) is 12.1 Å². The fraction of sp³-hybridized carbons (Fsp3) is 0.333. The van der Waals surface area contributed by atoms with E-state index < -0.39 is 23.0 Å². The van der Waals surface area contributed by atoms with Gasteiger partial charge < -0.3 is 21.5 Å². The third kappa shape index (κ3) is 6.34. The lowest BCUT2D eigenvalue weighted by atomic mass is 10.1. The summed E-state index contributed by atoms with van der Waals surface area (Å²) in [5.74, 6) is -0.679. The fourth-order valence-electron chi connectivity index (χ4n) is 1.51. The summed E-state index contributed by atoms with van der Waals surface area (Å²) in [6.07, 6.45) is -0.394. The van der Waals surface area contributed by atoms with Gasteiger partial charge in [0.15, 0.2) is 0 Å². The molecule has 0 fully saturated rings. The maximum absolute atomic E-state index is 11.2. The van der Waals surface area contributed by atoms with Gasteiger partial charge in [-0.2, -0.15) is 0 Å². The number of nitrogens with one attached hydrogen (secondary N) is 1. The maximum Gasteiger partial charge on any atom is 0.407 e. The molecule has 0 heterocycles. The zero-order chi connectivity index (χ0) is 15.8. The number of nitrogens with zero attached hydrogens (tertiary/aromatic N) is 1. The van der Waals surface area contributed by atoms with Gasteiger partial charge in [0.05, 0.1) is 11.5 Å². The van der Waals surface area contributed by atoms with Crippen LogP contribution < -0.4 is 16.8 Å². The molecule has 0 spiro atoms. The summed E-state index contributed by atoms with van der Waals surface area (Å²) in [5, 5.41) is 12.7. The van der Waals surface area contributed by atoms with Crippen molar-refractivity contribution in [2.24, 2.45) is 11.5 Å². The van der Waals surface area contributed by atoms with Crippen LogP contribution in [-0.2, 0) is 16.0 Å². The van der Waals surface area contributed by atoms with Gasteiger partial charge in [-0.3, -0.25) is 14.9 Å². The normalized spacial score (nSPS) is 11.5. The quantitative estimate of drug-likeness (QED) is 0.463. The summed E-state index contributed by atoms with van der Waals surface area (Å²) in [6, 6.07) is 5.46. The highest BCUT2D eigenvalue weighted by Crippen LogP contribution is 2.12. The number of primary amides is 1. The predicted octanol–water partition coefficient (Wildman–Crippen LogP) is -0.324. The van der Waals surface area contributed by atoms with Crippen LogP contribution in [0.2, 0.25) is 0 Å². The lowest BCUT2D eigenvalue weighted by Gasteiger charge is -2.12. The molecule has 114 valence electrons. The zero-order valence-corrected chi connectivity index (χ0v) is 11.2. The molecule has 9 heteroatoms. The second-order valence-electron chi connectivity index (χ2n) is 4.31. The predicted molar refractivity (Wildman–Crippen MR) is 73.3 cm³/mol. The average Bonchev–Trinajstić information content (AvgIpc) is 2.43. The first-order chi connectivity index (χ1) is 9.88. The van der Waals surface area contributed by atoms with Crippen LogP contribution in [0.25, 0.3) is 0 Å². The summed E-state index contributed by atoms with van der Waals surface area (Å²) in [6.45, 7) is -0.363. The summed E-state index contributed by atoms with van der Waals surface area (Å²) in [7, 11) is 0. The van der Waals surface area contributed by atoms with Gasteiger partial charge in [-0.25, -0.2) is 4.79 Å². The van der Waals surface area contributed by atoms with Crippen molar-refractivity contribution in [3.63, 3.8) is 0 Å². The van der Waals surface area contributed by atoms with Gasteiger partial charge in [-0.05, 0) is 12.0 Å². The standard InChI is InChI=1S/C12H16N4O5/c13-9(7-21-12(18)15-6-11(14)17)5-8-1-3-10(4-2-8)16(19)20/h1-4,9H,5-7,13H2,(H2,14,17)(H,15,18)/t9-/m1/s1. The second kappa shape index (κ2) is 7.80. The number of carbonyl (C=O) groups is 2. The summed E-state index contributed by atoms with van der Waals surface area (Å²) >= 11 is 0. The Kier molecular flexibility index (Phi) is 6.08. The van der Waals surface area contributed by atoms with Crippen molar-refractivity contribution < 1.29 is 19.2 Å². The van der Waals surface area contributed by atoms with E-state index in [-0.39, 0.29) is 18.8 Å². The van der Waals surface area contributed by atoms with E-state index in [1.165, 1.54) is 12.1 Å². The molecule has 0 aromatic heterocycles. The van der Waals surface area contributed by atoms with Crippen LogP contribution in [0.5, 0.6) is 0 Å². The number of hydrogen-bond donors (Lipinski definition) is 3. The average molecular weight is 296 g/mol. The highest BCUT2D eigenvalue weighted by atomic mass is 16.6. The van der Waals surface area contributed by atoms with Crippen molar-refractivity contribution in [3.8, 4) is 0 Å². The summed E-state index contributed by atoms with van der Waals surface area (Å²) in [5.41, 5.74) is 11.4. The van der Waals surface area contributed by atoms with Crippen molar-refractivity contribution in [1.29, 1.82) is 0 Å². The van der Waals surface area contributed by atoms with E-state index >= 15 is 0 Å². The Hall–Kier alpha value is -2.68. The first-order valence-corrected chi connectivity index (χ1v) is 6.06. The maximum atomic E-state index is 11.2. The molecule has 0 saturated carbocycles. The fourth-order valence-corrected chi connectivity index (χ4v) is 1.51. The molecule has 2 amide bonds. The van der Waals surface area contributed by atoms with Crippen LogP contribution in [0.15, 0.2) is 24.3 Å². The number of non-ortho nitro benzene ring substituents is 1. The molecule has 0 aliphatic carbocycles. The lowest BCUT2D eigenvalue weighted by Crippen LogP contribution is -2.37. The Morgan fingerprint density at radius 1 is 1.33 bits per heavy atom. The number of amides is 2. The summed E-state index contributed by atoms with van der Waals surface area (Å²) < 4.78 is 4.80. The number of nitro groups is 1. The molecule has 1 rings (SSSR count). The number of nitrogens with two attached hydrogens (primary N) is 2. The van der Waals surface area contributed by atoms with Gasteiger partial charge in [0.1, 0.15) is 6.61 Å². The smallest absolute Gasteiger partial charge is 0.407 e. The third-order valence-corrected chi connectivity index (χ3v) is 2.48. The zero-order valence-electron chi connectivity index (χ0n) is 11.2. The number of hydrogen-bond acceptors (Lipinski definition) is 6. The van der Waals surface area contributed by atoms with Crippen LogP contribution in [-0.4, -0.2) is 36.1 Å². The number of rotatable bonds is 7. The first kappa shape index (κ1) is 16.4. The Balaban J connectivity index is 2.36. The molecule has 0 radical (unpaired) electrons. The van der Waals surface area contributed by atoms with Crippen LogP contribution in [0.3, 0.4) is 0 Å². The number of benzene rings is 1. The molecule has 0 unspecified atom stereocenters. The van der Waals surface area contributed by atoms with Crippen LogP contribution in [0.1, 0.15) is 5.56 Å². The largest absolute Gasteiger partial charge is 0.448 e. The van der Waals surface area contributed by atoms with Crippen molar-refractivity contribution in [1.82, 2.24) is 5.32 Å². The van der Waals surface area contributed by atoms with Crippen LogP contribution in [0, 0.1) is 10.1 Å². The minimum atomic E-state index is -0.784. The monoisotopic (exact) mass is 296 g/mol. The molecular formula is C12H16N4O5. The molecule has 1 atom stereocenters. The highest BCUT2D eigenvalue weighted by molar-refractivity contribution is 5.80.